The molecule has 0 fully saturated rings. The maximum atomic E-state index is 7.01. The molecule has 1 aliphatic rings. The van der Waals surface area contributed by atoms with E-state index in [4.69, 9.17) is 24.7 Å². The van der Waals surface area contributed by atoms with E-state index in [9.17, 15) is 0 Å². The van der Waals surface area contributed by atoms with Crippen molar-refractivity contribution in [3.63, 3.8) is 0 Å². The van der Waals surface area contributed by atoms with Gasteiger partial charge in [-0.2, -0.15) is 0 Å². The number of para-hydroxylation sites is 1. The molecular formula is C53H43N7O+2. The molecule has 0 spiro atoms. The quantitative estimate of drug-likeness (QED) is 0.143. The van der Waals surface area contributed by atoms with Gasteiger partial charge in [-0.3, -0.25) is 4.57 Å². The number of ether oxygens (including phenoxy) is 1. The lowest BCUT2D eigenvalue weighted by atomic mass is 9.87. The van der Waals surface area contributed by atoms with Crippen molar-refractivity contribution < 1.29 is 13.9 Å². The van der Waals surface area contributed by atoms with Gasteiger partial charge in [-0.1, -0.05) is 132 Å². The summed E-state index contributed by atoms with van der Waals surface area (Å²) in [7, 11) is 0. The zero-order valence-electron chi connectivity index (χ0n) is 34.7. The van der Waals surface area contributed by atoms with E-state index in [1.54, 1.807) is 0 Å². The number of hydrogen-bond donors (Lipinski definition) is 0. The summed E-state index contributed by atoms with van der Waals surface area (Å²) in [6, 6.07) is 55.3. The first kappa shape index (κ1) is 37.5. The van der Waals surface area contributed by atoms with Crippen molar-refractivity contribution in [3.8, 4) is 51.5 Å². The van der Waals surface area contributed by atoms with Crippen LogP contribution >= 0.6 is 0 Å². The summed E-state index contributed by atoms with van der Waals surface area (Å²) < 4.78 is 13.2. The minimum absolute atomic E-state index is 0.0783. The van der Waals surface area contributed by atoms with Gasteiger partial charge >= 0.3 is 6.01 Å². The van der Waals surface area contributed by atoms with Gasteiger partial charge in [0.05, 0.1) is 22.7 Å². The van der Waals surface area contributed by atoms with E-state index in [2.05, 4.69) is 154 Å². The van der Waals surface area contributed by atoms with Crippen LogP contribution in [0.25, 0.3) is 61.8 Å². The highest BCUT2D eigenvalue weighted by Crippen LogP contribution is 2.42. The zero-order valence-corrected chi connectivity index (χ0v) is 34.7. The molecular weight excluding hydrogens is 751 g/mol. The van der Waals surface area contributed by atoms with Gasteiger partial charge in [0.2, 0.25) is 11.4 Å². The van der Waals surface area contributed by atoms with Crippen molar-refractivity contribution in [2.75, 3.05) is 0 Å². The van der Waals surface area contributed by atoms with Gasteiger partial charge in [0.25, 0.3) is 12.4 Å². The highest BCUT2D eigenvalue weighted by molar-refractivity contribution is 6.11. The predicted octanol–water partition coefficient (Wildman–Crippen LogP) is 12.7. The molecule has 0 aliphatic carbocycles. The molecule has 0 atom stereocenters. The summed E-state index contributed by atoms with van der Waals surface area (Å²) in [6.07, 6.45) is 5.84. The Morgan fingerprint density at radius 1 is 0.557 bits per heavy atom. The lowest BCUT2D eigenvalue weighted by Gasteiger charge is -2.18. The van der Waals surface area contributed by atoms with E-state index in [1.807, 2.05) is 70.2 Å². The van der Waals surface area contributed by atoms with Crippen LogP contribution in [0, 0.1) is 13.8 Å². The average Bonchev–Trinajstić information content (AvgIpc) is 3.90. The molecule has 0 saturated heterocycles. The highest BCUT2D eigenvalue weighted by Gasteiger charge is 2.25. The minimum atomic E-state index is 0.0783. The van der Waals surface area contributed by atoms with Crippen LogP contribution in [0.2, 0.25) is 0 Å². The third kappa shape index (κ3) is 7.30. The van der Waals surface area contributed by atoms with Gasteiger partial charge in [0.1, 0.15) is 17.3 Å². The Balaban J connectivity index is 1.15. The molecule has 3 aromatic heterocycles. The van der Waals surface area contributed by atoms with Gasteiger partial charge in [-0.25, -0.2) is 19.9 Å². The summed E-state index contributed by atoms with van der Waals surface area (Å²) in [5, 5.41) is 2.10. The first-order chi connectivity index (χ1) is 29.6. The molecule has 1 aliphatic heterocycles. The van der Waals surface area contributed by atoms with Crippen molar-refractivity contribution in [2.45, 2.75) is 40.0 Å². The average molecular weight is 794 g/mol. The summed E-state index contributed by atoms with van der Waals surface area (Å²) >= 11 is 0. The molecule has 0 radical (unpaired) electrons. The fourth-order valence-corrected chi connectivity index (χ4v) is 7.70. The Kier molecular flexibility index (Phi) is 9.27. The van der Waals surface area contributed by atoms with Gasteiger partial charge in [-0.05, 0) is 55.2 Å². The van der Waals surface area contributed by atoms with Crippen LogP contribution in [0.4, 0.5) is 11.4 Å². The fourth-order valence-electron chi connectivity index (χ4n) is 7.70. The van der Waals surface area contributed by atoms with Crippen LogP contribution in [0.5, 0.6) is 11.5 Å². The molecule has 61 heavy (non-hydrogen) atoms. The zero-order chi connectivity index (χ0) is 41.7. The second kappa shape index (κ2) is 15.1. The summed E-state index contributed by atoms with van der Waals surface area (Å²) in [6.45, 7) is 10.8. The fraction of sp³-hybridized carbons (Fsp3) is 0.113. The van der Waals surface area contributed by atoms with E-state index in [1.165, 1.54) is 5.56 Å². The highest BCUT2D eigenvalue weighted by atomic mass is 16.5. The predicted molar refractivity (Wildman–Crippen MR) is 243 cm³/mol. The van der Waals surface area contributed by atoms with Crippen LogP contribution in [0.3, 0.4) is 0 Å². The third-order valence-electron chi connectivity index (χ3n) is 11.1. The van der Waals surface area contributed by atoms with Gasteiger partial charge < -0.3 is 4.74 Å². The molecule has 0 amide bonds. The van der Waals surface area contributed by atoms with Gasteiger partial charge in [0.15, 0.2) is 17.5 Å². The monoisotopic (exact) mass is 793 g/mol. The van der Waals surface area contributed by atoms with Crippen molar-refractivity contribution in [1.29, 1.82) is 0 Å². The minimum Gasteiger partial charge on any atom is -0.456 e. The molecule has 0 saturated carbocycles. The van der Waals surface area contributed by atoms with Crippen LogP contribution < -0.4 is 4.74 Å². The first-order valence-corrected chi connectivity index (χ1v) is 20.5. The Morgan fingerprint density at radius 2 is 1.20 bits per heavy atom. The number of aromatic nitrogens is 5. The van der Waals surface area contributed by atoms with Crippen LogP contribution in [-0.2, 0) is 5.41 Å². The maximum Gasteiger partial charge on any atom is 0.501 e. The van der Waals surface area contributed by atoms with Crippen LogP contribution in [0.1, 0.15) is 37.5 Å². The smallest absolute Gasteiger partial charge is 0.456 e. The molecule has 6 aromatic carbocycles. The maximum absolute atomic E-state index is 7.01. The Bertz CT molecular complexity index is 3160. The van der Waals surface area contributed by atoms with E-state index in [0.717, 1.165) is 66.8 Å². The molecule has 0 N–H and O–H groups in total. The number of benzene rings is 6. The number of pyridine rings is 1. The van der Waals surface area contributed by atoms with Gasteiger partial charge in [-0.15, -0.1) is 0 Å². The second-order valence-electron chi connectivity index (χ2n) is 16.5. The largest absolute Gasteiger partial charge is 0.501 e. The summed E-state index contributed by atoms with van der Waals surface area (Å²) in [5.74, 6) is 3.70. The SMILES string of the molecule is Cc1ccc(-c2nc(-c3ccc(C)cc3)nc(-c3cc4c5ccccc5n(-c5ccccn5)c4cc3Oc3cccc([N+]4=C=[N+](c5ccc(C(C)(C)C)cc5)C=C4)c3)n2)cc1. The second-order valence-corrected chi connectivity index (χ2v) is 16.5. The van der Waals surface area contributed by atoms with Crippen molar-refractivity contribution in [3.05, 3.63) is 187 Å². The third-order valence-corrected chi connectivity index (χ3v) is 11.1. The van der Waals surface area contributed by atoms with E-state index < -0.39 is 0 Å². The van der Waals surface area contributed by atoms with Crippen molar-refractivity contribution in [1.82, 2.24) is 24.5 Å². The van der Waals surface area contributed by atoms with Crippen LogP contribution in [0.15, 0.2) is 170 Å². The van der Waals surface area contributed by atoms with E-state index in [0.29, 0.717) is 29.0 Å². The van der Waals surface area contributed by atoms with E-state index >= 15 is 0 Å². The topological polar surface area (TPSA) is 71.7 Å². The molecule has 8 nitrogen and oxygen atoms in total. The normalized spacial score (nSPS) is 12.5. The lowest BCUT2D eigenvalue weighted by molar-refractivity contribution is -0.387. The van der Waals surface area contributed by atoms with Crippen molar-refractivity contribution >= 4 is 39.2 Å². The number of rotatable bonds is 8. The number of hydrogen-bond acceptors (Lipinski definition) is 5. The number of fused-ring (bicyclic) bond motifs is 3. The molecule has 9 aromatic rings. The Hall–Kier alpha value is -7.80. The number of aryl methyl sites for hydroxylation is 2. The summed E-state index contributed by atoms with van der Waals surface area (Å²) in [5.41, 5.74) is 10.1. The first-order valence-electron chi connectivity index (χ1n) is 20.5. The standard InChI is InChI=1S/C53H43N7O/c1-35-16-20-37(21-17-35)50-55-51(38-22-18-36(2)19-23-38)57-52(56-50)45-32-44-43-13-6-7-14-46(43)60(49-15-8-9-28-54-49)47(44)33-48(45)61-42-12-10-11-41(31-42)59-30-29-58(34-59)40-26-24-39(25-27-40)53(3,4)5/h6-33H,1-5H3/q+2. The lowest BCUT2D eigenvalue weighted by Crippen LogP contribution is -2.10. The molecule has 0 unspecified atom stereocenters. The van der Waals surface area contributed by atoms with Crippen LogP contribution in [-0.4, -0.2) is 39.7 Å². The Labute approximate surface area is 354 Å². The number of nitrogens with zero attached hydrogens (tertiary/aromatic N) is 7. The van der Waals surface area contributed by atoms with E-state index in [-0.39, 0.29) is 5.41 Å². The molecule has 8 heteroatoms. The van der Waals surface area contributed by atoms with Gasteiger partial charge in [0, 0.05) is 52.4 Å². The molecule has 294 valence electrons. The van der Waals surface area contributed by atoms with Crippen molar-refractivity contribution in [2.24, 2.45) is 0 Å². The summed E-state index contributed by atoms with van der Waals surface area (Å²) in [4.78, 5) is 20.2. The Morgan fingerprint density at radius 3 is 1.85 bits per heavy atom. The molecule has 4 heterocycles. The molecule has 0 bridgehead atoms. The molecule has 10 rings (SSSR count).